The van der Waals surface area contributed by atoms with Crippen molar-refractivity contribution in [2.24, 2.45) is 11.7 Å². The third-order valence-corrected chi connectivity index (χ3v) is 4.13. The van der Waals surface area contributed by atoms with Gasteiger partial charge in [0.1, 0.15) is 5.00 Å². The lowest BCUT2D eigenvalue weighted by molar-refractivity contribution is 0.0944. The lowest BCUT2D eigenvalue weighted by Crippen LogP contribution is -2.15. The number of nitrogens with two attached hydrogens (primary N) is 2. The number of thiophene rings is 1. The largest absolute Gasteiger partial charge is 0.397 e. The van der Waals surface area contributed by atoms with Crippen molar-refractivity contribution in [1.82, 2.24) is 10.2 Å². The molecule has 0 atom stereocenters. The highest BCUT2D eigenvalue weighted by Crippen LogP contribution is 2.37. The second-order valence-corrected chi connectivity index (χ2v) is 5.91. The molecule has 112 valence electrons. The topological polar surface area (TPSA) is 127 Å². The van der Waals surface area contributed by atoms with Crippen LogP contribution in [0.5, 0.6) is 0 Å². The molecule has 0 radical (unpaired) electrons. The normalized spacial score (nSPS) is 10.8. The number of amides is 1. The molecule has 2 rings (SSSR count). The van der Waals surface area contributed by atoms with E-state index in [1.165, 1.54) is 0 Å². The SMILES string of the molecule is CC(C)C(=O)c1sc(NCc2cn[nH]c2)c(C(N)=O)c1N. The van der Waals surface area contributed by atoms with Crippen LogP contribution in [0.15, 0.2) is 12.4 Å². The Bertz CT molecular complexity index is 660. The zero-order valence-corrected chi connectivity index (χ0v) is 12.6. The second kappa shape index (κ2) is 5.96. The van der Waals surface area contributed by atoms with Gasteiger partial charge in [0, 0.05) is 24.2 Å². The first-order valence-electron chi connectivity index (χ1n) is 6.39. The Morgan fingerprint density at radius 1 is 1.48 bits per heavy atom. The maximum atomic E-state index is 12.1. The Balaban J connectivity index is 2.33. The van der Waals surface area contributed by atoms with E-state index in [0.717, 1.165) is 16.9 Å². The van der Waals surface area contributed by atoms with Gasteiger partial charge in [-0.15, -0.1) is 11.3 Å². The monoisotopic (exact) mass is 307 g/mol. The maximum absolute atomic E-state index is 12.1. The van der Waals surface area contributed by atoms with Gasteiger partial charge in [0.2, 0.25) is 0 Å². The molecule has 2 aromatic heterocycles. The minimum Gasteiger partial charge on any atom is -0.397 e. The molecule has 0 aliphatic carbocycles. The van der Waals surface area contributed by atoms with Crippen LogP contribution in [0.2, 0.25) is 0 Å². The fourth-order valence-electron chi connectivity index (χ4n) is 1.81. The van der Waals surface area contributed by atoms with Crippen LogP contribution in [-0.2, 0) is 6.54 Å². The minimum absolute atomic E-state index is 0.101. The van der Waals surface area contributed by atoms with Crippen LogP contribution in [-0.4, -0.2) is 21.9 Å². The average molecular weight is 307 g/mol. The fraction of sp³-hybridized carbons (Fsp3) is 0.308. The van der Waals surface area contributed by atoms with Gasteiger partial charge in [-0.25, -0.2) is 0 Å². The van der Waals surface area contributed by atoms with E-state index >= 15 is 0 Å². The number of nitrogen functional groups attached to an aromatic ring is 1. The molecular formula is C13H17N5O2S. The summed E-state index contributed by atoms with van der Waals surface area (Å²) >= 11 is 1.16. The number of aromatic nitrogens is 2. The third kappa shape index (κ3) is 3.05. The van der Waals surface area contributed by atoms with Crippen LogP contribution in [0.4, 0.5) is 10.7 Å². The molecule has 0 fully saturated rings. The van der Waals surface area contributed by atoms with Gasteiger partial charge < -0.3 is 16.8 Å². The minimum atomic E-state index is -0.652. The number of primary amides is 1. The van der Waals surface area contributed by atoms with Crippen molar-refractivity contribution in [3.05, 3.63) is 28.4 Å². The molecule has 2 aromatic rings. The van der Waals surface area contributed by atoms with Gasteiger partial charge >= 0.3 is 0 Å². The van der Waals surface area contributed by atoms with Gasteiger partial charge in [-0.3, -0.25) is 14.7 Å². The quantitative estimate of drug-likeness (QED) is 0.603. The first kappa shape index (κ1) is 15.0. The van der Waals surface area contributed by atoms with E-state index in [4.69, 9.17) is 11.5 Å². The van der Waals surface area contributed by atoms with Crippen molar-refractivity contribution < 1.29 is 9.59 Å². The summed E-state index contributed by atoms with van der Waals surface area (Å²) < 4.78 is 0. The Labute approximate surface area is 125 Å². The van der Waals surface area contributed by atoms with Gasteiger partial charge in [0.15, 0.2) is 5.78 Å². The molecule has 0 saturated carbocycles. The van der Waals surface area contributed by atoms with Crippen molar-refractivity contribution >= 4 is 33.7 Å². The van der Waals surface area contributed by atoms with Crippen LogP contribution in [0.25, 0.3) is 0 Å². The molecule has 0 aliphatic rings. The molecule has 21 heavy (non-hydrogen) atoms. The number of Topliss-reactive ketones (excluding diaryl/α,β-unsaturated/α-hetero) is 1. The number of ketones is 1. The zero-order valence-electron chi connectivity index (χ0n) is 11.8. The molecule has 1 amide bonds. The van der Waals surface area contributed by atoms with Crippen LogP contribution in [0, 0.1) is 5.92 Å². The molecule has 7 nitrogen and oxygen atoms in total. The van der Waals surface area contributed by atoms with E-state index in [2.05, 4.69) is 15.5 Å². The maximum Gasteiger partial charge on any atom is 0.253 e. The standard InChI is InChI=1S/C13H17N5O2S/c1-6(2)10(19)11-9(14)8(12(15)20)13(21-11)16-3-7-4-17-18-5-7/h4-6,16H,3,14H2,1-2H3,(H2,15,20)(H,17,18). The number of nitrogens with one attached hydrogen (secondary N) is 2. The van der Waals surface area contributed by atoms with Crippen LogP contribution in [0.1, 0.15) is 39.4 Å². The average Bonchev–Trinajstić information content (AvgIpc) is 3.02. The fourth-order valence-corrected chi connectivity index (χ4v) is 3.02. The highest BCUT2D eigenvalue weighted by molar-refractivity contribution is 7.19. The van der Waals surface area contributed by atoms with Crippen molar-refractivity contribution in [3.63, 3.8) is 0 Å². The first-order valence-corrected chi connectivity index (χ1v) is 7.21. The predicted octanol–water partition coefficient (Wildman–Crippen LogP) is 1.60. The molecule has 0 aliphatic heterocycles. The van der Waals surface area contributed by atoms with E-state index in [-0.39, 0.29) is 23.0 Å². The van der Waals surface area contributed by atoms with Crippen LogP contribution in [0.3, 0.4) is 0 Å². The summed E-state index contributed by atoms with van der Waals surface area (Å²) in [5.74, 6) is -0.953. The summed E-state index contributed by atoms with van der Waals surface area (Å²) in [5, 5.41) is 10.1. The van der Waals surface area contributed by atoms with Crippen LogP contribution < -0.4 is 16.8 Å². The van der Waals surface area contributed by atoms with Crippen molar-refractivity contribution in [2.75, 3.05) is 11.1 Å². The summed E-state index contributed by atoms with van der Waals surface area (Å²) in [7, 11) is 0. The molecule has 0 unspecified atom stereocenters. The number of H-pyrrole nitrogens is 1. The summed E-state index contributed by atoms with van der Waals surface area (Å²) in [4.78, 5) is 24.1. The van der Waals surface area contributed by atoms with Crippen LogP contribution >= 0.6 is 11.3 Å². The molecule has 0 spiro atoms. The van der Waals surface area contributed by atoms with E-state index in [1.54, 1.807) is 26.2 Å². The van der Waals surface area contributed by atoms with E-state index in [1.807, 2.05) is 0 Å². The lowest BCUT2D eigenvalue weighted by Gasteiger charge is -2.03. The molecule has 0 saturated heterocycles. The van der Waals surface area contributed by atoms with Gasteiger partial charge in [0.05, 0.1) is 22.3 Å². The highest BCUT2D eigenvalue weighted by atomic mass is 32.1. The number of carbonyl (C=O) groups is 2. The Morgan fingerprint density at radius 2 is 2.19 bits per heavy atom. The number of carbonyl (C=O) groups excluding carboxylic acids is 2. The van der Waals surface area contributed by atoms with Gasteiger partial charge in [-0.05, 0) is 0 Å². The van der Waals surface area contributed by atoms with Gasteiger partial charge in [-0.1, -0.05) is 13.8 Å². The van der Waals surface area contributed by atoms with Crippen molar-refractivity contribution in [3.8, 4) is 0 Å². The molecule has 2 heterocycles. The summed E-state index contributed by atoms with van der Waals surface area (Å²) in [6.45, 7) is 4.01. The molecule has 6 N–H and O–H groups in total. The zero-order chi connectivity index (χ0) is 15.6. The van der Waals surface area contributed by atoms with E-state index in [9.17, 15) is 9.59 Å². The Hall–Kier alpha value is -2.35. The van der Waals surface area contributed by atoms with Gasteiger partial charge in [0.25, 0.3) is 5.91 Å². The number of hydrogen-bond donors (Lipinski definition) is 4. The smallest absolute Gasteiger partial charge is 0.253 e. The molecule has 0 bridgehead atoms. The number of aromatic amines is 1. The lowest BCUT2D eigenvalue weighted by atomic mass is 10.1. The number of rotatable bonds is 6. The van der Waals surface area contributed by atoms with Crippen molar-refractivity contribution in [1.29, 1.82) is 0 Å². The summed E-state index contributed by atoms with van der Waals surface area (Å²) in [6.07, 6.45) is 3.39. The number of nitrogens with zero attached hydrogens (tertiary/aromatic N) is 1. The number of hydrogen-bond acceptors (Lipinski definition) is 6. The Morgan fingerprint density at radius 3 is 2.71 bits per heavy atom. The van der Waals surface area contributed by atoms with E-state index in [0.29, 0.717) is 16.4 Å². The molecular weight excluding hydrogens is 290 g/mol. The molecule has 8 heteroatoms. The summed E-state index contributed by atoms with van der Waals surface area (Å²) in [5.41, 5.74) is 12.5. The molecule has 0 aromatic carbocycles. The van der Waals surface area contributed by atoms with Gasteiger partial charge in [-0.2, -0.15) is 5.10 Å². The summed E-state index contributed by atoms with van der Waals surface area (Å²) in [6, 6.07) is 0. The highest BCUT2D eigenvalue weighted by Gasteiger charge is 2.25. The predicted molar refractivity (Wildman–Crippen MR) is 82.3 cm³/mol. The van der Waals surface area contributed by atoms with Crippen molar-refractivity contribution in [2.45, 2.75) is 20.4 Å². The Kier molecular flexibility index (Phi) is 4.27. The van der Waals surface area contributed by atoms with E-state index < -0.39 is 5.91 Å². The third-order valence-electron chi connectivity index (χ3n) is 2.95. The first-order chi connectivity index (χ1) is 9.91. The number of anilines is 2. The second-order valence-electron chi connectivity index (χ2n) is 4.89.